The minimum atomic E-state index is -3.84. The van der Waals surface area contributed by atoms with Gasteiger partial charge in [0.15, 0.2) is 0 Å². The Hall–Kier alpha value is -4.63. The summed E-state index contributed by atoms with van der Waals surface area (Å²) in [5.41, 5.74) is 4.51. The number of benzene rings is 3. The van der Waals surface area contributed by atoms with E-state index in [2.05, 4.69) is 40.8 Å². The summed E-state index contributed by atoms with van der Waals surface area (Å²) in [5.74, 6) is 0.581. The van der Waals surface area contributed by atoms with Crippen molar-refractivity contribution in [1.29, 1.82) is 0 Å². The number of pyridine rings is 1. The Kier molecular flexibility index (Phi) is 7.08. The fourth-order valence-electron chi connectivity index (χ4n) is 4.32. The van der Waals surface area contributed by atoms with Crippen molar-refractivity contribution < 1.29 is 17.9 Å². The molecule has 2 heterocycles. The zero-order valence-corrected chi connectivity index (χ0v) is 23.5. The van der Waals surface area contributed by atoms with Crippen LogP contribution in [0.1, 0.15) is 31.9 Å². The number of sulfonamides is 1. The maximum atomic E-state index is 13.2. The number of hydrogen-bond donors (Lipinski definition) is 3. The van der Waals surface area contributed by atoms with Gasteiger partial charge in [0.1, 0.15) is 5.82 Å². The van der Waals surface area contributed by atoms with Gasteiger partial charge in [0.05, 0.1) is 10.5 Å². The predicted molar refractivity (Wildman–Crippen MR) is 158 cm³/mol. The van der Waals surface area contributed by atoms with Gasteiger partial charge >= 0.3 is 6.09 Å². The third-order valence-corrected chi connectivity index (χ3v) is 7.87. The van der Waals surface area contributed by atoms with Crippen LogP contribution in [-0.2, 0) is 15.4 Å². The van der Waals surface area contributed by atoms with E-state index in [9.17, 15) is 13.2 Å². The van der Waals surface area contributed by atoms with Gasteiger partial charge in [0, 0.05) is 22.8 Å². The van der Waals surface area contributed by atoms with Crippen molar-refractivity contribution in [1.82, 2.24) is 9.97 Å². The number of aromatic nitrogens is 2. The quantitative estimate of drug-likeness (QED) is 0.205. The summed E-state index contributed by atoms with van der Waals surface area (Å²) in [5, 5.41) is 3.30. The Labute approximate surface area is 233 Å². The number of H-pyrrole nitrogens is 1. The first-order valence-corrected chi connectivity index (χ1v) is 14.2. The van der Waals surface area contributed by atoms with E-state index in [1.165, 1.54) is 0 Å². The maximum absolute atomic E-state index is 13.2. The van der Waals surface area contributed by atoms with Gasteiger partial charge in [0.2, 0.25) is 5.88 Å². The molecule has 8 nitrogen and oxygen atoms in total. The minimum absolute atomic E-state index is 0.0876. The van der Waals surface area contributed by atoms with Crippen molar-refractivity contribution in [3.63, 3.8) is 0 Å². The first kappa shape index (κ1) is 27.0. The number of carbonyl (C=O) groups excluding carboxylic acids is 1. The van der Waals surface area contributed by atoms with Crippen LogP contribution in [0.5, 0.6) is 5.88 Å². The standard InChI is InChI=1S/C31H30N4O4S/c1-20-8-10-21(11-9-20)28-25-19-23(35-40(37,38)24-15-12-22(13-16-24)31(2,3)4)14-17-26(25)33-29(28)39-30(36)34-27-7-5-6-18-32-27/h5-19,33,35H,1-4H3,(H,32,34,36). The van der Waals surface area contributed by atoms with E-state index in [4.69, 9.17) is 4.74 Å². The molecular weight excluding hydrogens is 524 g/mol. The van der Waals surface area contributed by atoms with E-state index in [-0.39, 0.29) is 16.2 Å². The Morgan fingerprint density at radius 2 is 1.65 bits per heavy atom. The summed E-state index contributed by atoms with van der Waals surface area (Å²) in [6.07, 6.45) is 0.857. The van der Waals surface area contributed by atoms with E-state index >= 15 is 0 Å². The van der Waals surface area contributed by atoms with Crippen molar-refractivity contribution in [2.45, 2.75) is 38.0 Å². The van der Waals surface area contributed by atoms with E-state index in [0.717, 1.165) is 16.7 Å². The number of rotatable bonds is 6. The normalized spacial score (nSPS) is 11.8. The van der Waals surface area contributed by atoms with Crippen LogP contribution in [0.25, 0.3) is 22.0 Å². The molecule has 3 N–H and O–H groups in total. The highest BCUT2D eigenvalue weighted by atomic mass is 32.2. The molecule has 0 radical (unpaired) electrons. The summed E-state index contributed by atoms with van der Waals surface area (Å²) in [6, 6.07) is 25.0. The van der Waals surface area contributed by atoms with Crippen LogP contribution in [0.2, 0.25) is 0 Å². The molecule has 0 fully saturated rings. The van der Waals surface area contributed by atoms with Gasteiger partial charge < -0.3 is 9.72 Å². The highest BCUT2D eigenvalue weighted by molar-refractivity contribution is 7.92. The third-order valence-electron chi connectivity index (χ3n) is 6.48. The molecular formula is C31H30N4O4S. The first-order valence-electron chi connectivity index (χ1n) is 12.8. The van der Waals surface area contributed by atoms with Crippen LogP contribution in [0.3, 0.4) is 0 Å². The second-order valence-electron chi connectivity index (χ2n) is 10.6. The number of nitrogens with zero attached hydrogens (tertiary/aromatic N) is 1. The fraction of sp³-hybridized carbons (Fsp3) is 0.161. The number of aryl methyl sites for hydroxylation is 1. The lowest BCUT2D eigenvalue weighted by Crippen LogP contribution is -2.17. The highest BCUT2D eigenvalue weighted by Gasteiger charge is 2.21. The molecule has 9 heteroatoms. The van der Waals surface area contributed by atoms with E-state index in [1.54, 1.807) is 54.7 Å². The average molecular weight is 555 g/mol. The molecule has 0 aliphatic carbocycles. The third kappa shape index (κ3) is 5.84. The molecule has 0 spiro atoms. The zero-order valence-electron chi connectivity index (χ0n) is 22.6. The van der Waals surface area contributed by atoms with E-state index in [0.29, 0.717) is 28.0 Å². The number of fused-ring (bicyclic) bond motifs is 1. The topological polar surface area (TPSA) is 113 Å². The van der Waals surface area contributed by atoms with Crippen molar-refractivity contribution in [3.05, 3.63) is 102 Å². The summed E-state index contributed by atoms with van der Waals surface area (Å²) in [4.78, 5) is 20.1. The molecule has 0 saturated carbocycles. The van der Waals surface area contributed by atoms with Gasteiger partial charge in [-0.15, -0.1) is 0 Å². The Balaban J connectivity index is 1.50. The number of hydrogen-bond acceptors (Lipinski definition) is 5. The van der Waals surface area contributed by atoms with Gasteiger partial charge in [-0.25, -0.2) is 18.2 Å². The number of nitrogens with one attached hydrogen (secondary N) is 3. The van der Waals surface area contributed by atoms with Crippen LogP contribution < -0.4 is 14.8 Å². The SMILES string of the molecule is Cc1ccc(-c2c(OC(=O)Nc3ccccn3)[nH]c3ccc(NS(=O)(=O)c4ccc(C(C)(C)C)cc4)cc23)cc1. The highest BCUT2D eigenvalue weighted by Crippen LogP contribution is 2.39. The minimum Gasteiger partial charge on any atom is -0.392 e. The number of ether oxygens (including phenoxy) is 1. The Morgan fingerprint density at radius 1 is 0.925 bits per heavy atom. The number of carbonyl (C=O) groups is 1. The molecule has 0 saturated heterocycles. The average Bonchev–Trinajstić information content (AvgIpc) is 3.26. The molecule has 40 heavy (non-hydrogen) atoms. The lowest BCUT2D eigenvalue weighted by Gasteiger charge is -2.19. The maximum Gasteiger partial charge on any atom is 0.419 e. The molecule has 5 rings (SSSR count). The van der Waals surface area contributed by atoms with E-state index in [1.807, 2.05) is 43.3 Å². The molecule has 0 unspecified atom stereocenters. The molecule has 0 aliphatic heterocycles. The molecule has 204 valence electrons. The molecule has 0 aliphatic rings. The smallest absolute Gasteiger partial charge is 0.392 e. The van der Waals surface area contributed by atoms with Gasteiger partial charge in [-0.3, -0.25) is 10.0 Å². The molecule has 2 aromatic heterocycles. The van der Waals surface area contributed by atoms with Gasteiger partial charge in [0.25, 0.3) is 10.0 Å². The monoisotopic (exact) mass is 554 g/mol. The summed E-state index contributed by atoms with van der Waals surface area (Å²) in [6.45, 7) is 8.21. The molecule has 0 bridgehead atoms. The van der Waals surface area contributed by atoms with Crippen LogP contribution in [0.4, 0.5) is 16.3 Å². The van der Waals surface area contributed by atoms with Crippen LogP contribution >= 0.6 is 0 Å². The first-order chi connectivity index (χ1) is 19.0. The second-order valence-corrected chi connectivity index (χ2v) is 12.2. The van der Waals surface area contributed by atoms with Crippen molar-refractivity contribution in [3.8, 4) is 17.0 Å². The molecule has 1 amide bonds. The zero-order chi connectivity index (χ0) is 28.5. The van der Waals surface area contributed by atoms with Gasteiger partial charge in [-0.05, 0) is 65.9 Å². The predicted octanol–water partition coefficient (Wildman–Crippen LogP) is 7.25. The molecule has 5 aromatic rings. The number of aromatic amines is 1. The second kappa shape index (κ2) is 10.5. The summed E-state index contributed by atoms with van der Waals surface area (Å²) in [7, 11) is -3.84. The molecule has 3 aromatic carbocycles. The Morgan fingerprint density at radius 3 is 2.30 bits per heavy atom. The van der Waals surface area contributed by atoms with E-state index < -0.39 is 16.1 Å². The summed E-state index contributed by atoms with van der Waals surface area (Å²) >= 11 is 0. The van der Waals surface area contributed by atoms with Crippen molar-refractivity contribution in [2.24, 2.45) is 0 Å². The largest absolute Gasteiger partial charge is 0.419 e. The summed E-state index contributed by atoms with van der Waals surface area (Å²) < 4.78 is 34.8. The van der Waals surface area contributed by atoms with Crippen LogP contribution in [-0.4, -0.2) is 24.5 Å². The van der Waals surface area contributed by atoms with Crippen molar-refractivity contribution in [2.75, 3.05) is 10.0 Å². The van der Waals surface area contributed by atoms with Gasteiger partial charge in [-0.1, -0.05) is 68.8 Å². The number of anilines is 2. The van der Waals surface area contributed by atoms with Crippen molar-refractivity contribution >= 4 is 38.5 Å². The fourth-order valence-corrected chi connectivity index (χ4v) is 5.37. The lowest BCUT2D eigenvalue weighted by atomic mass is 9.87. The van der Waals surface area contributed by atoms with Crippen LogP contribution in [0, 0.1) is 6.92 Å². The van der Waals surface area contributed by atoms with Gasteiger partial charge in [-0.2, -0.15) is 0 Å². The molecule has 0 atom stereocenters. The van der Waals surface area contributed by atoms with Crippen LogP contribution in [0.15, 0.2) is 96.0 Å². The Bertz CT molecular complexity index is 1770. The lowest BCUT2D eigenvalue weighted by molar-refractivity contribution is 0.214. The number of amides is 1.